The largest absolute Gasteiger partial charge is 0.362 e. The quantitative estimate of drug-likeness (QED) is 0.797. The van der Waals surface area contributed by atoms with E-state index in [1.54, 1.807) is 18.0 Å². The van der Waals surface area contributed by atoms with Crippen LogP contribution in [0, 0.1) is 0 Å². The van der Waals surface area contributed by atoms with Crippen LogP contribution in [0.4, 0.5) is 5.69 Å². The summed E-state index contributed by atoms with van der Waals surface area (Å²) >= 11 is 5.23. The molecule has 0 fully saturated rings. The lowest BCUT2D eigenvalue weighted by molar-refractivity contribution is 0.120. The van der Waals surface area contributed by atoms with Crippen LogP contribution in [0.3, 0.4) is 0 Å². The van der Waals surface area contributed by atoms with E-state index in [-0.39, 0.29) is 0 Å². The van der Waals surface area contributed by atoms with Gasteiger partial charge in [0, 0.05) is 13.7 Å². The molecule has 2 N–H and O–H groups in total. The molecule has 0 saturated carbocycles. The number of thiocarbonyl (C=S) groups is 1. The molecule has 106 valence electrons. The monoisotopic (exact) mass is 290 g/mol. The zero-order valence-electron chi connectivity index (χ0n) is 11.4. The van der Waals surface area contributed by atoms with Crippen molar-refractivity contribution in [1.82, 2.24) is 15.1 Å². The van der Waals surface area contributed by atoms with Crippen molar-refractivity contribution < 1.29 is 4.74 Å². The summed E-state index contributed by atoms with van der Waals surface area (Å²) in [4.78, 5) is 0. The van der Waals surface area contributed by atoms with Gasteiger partial charge in [0.05, 0.1) is 18.1 Å². The maximum atomic E-state index is 5.23. The van der Waals surface area contributed by atoms with Gasteiger partial charge in [0.2, 0.25) is 0 Å². The smallest absolute Gasteiger partial charge is 0.170 e. The fourth-order valence-corrected chi connectivity index (χ4v) is 1.99. The molecule has 0 atom stereocenters. The highest BCUT2D eigenvalue weighted by atomic mass is 32.1. The maximum absolute atomic E-state index is 5.23. The average Bonchev–Trinajstić information content (AvgIpc) is 2.88. The standard InChI is InChI=1S/C14H18N4OS/c1-19-11-18-10-13(9-16-18)17-14(20)15-8-7-12-5-3-2-4-6-12/h2-6,9-10H,7-8,11H2,1H3,(H2,15,17,20). The van der Waals surface area contributed by atoms with Crippen molar-refractivity contribution in [3.8, 4) is 0 Å². The minimum atomic E-state index is 0.426. The Hall–Kier alpha value is -1.92. The third kappa shape index (κ3) is 4.64. The number of rotatable bonds is 6. The van der Waals surface area contributed by atoms with Crippen LogP contribution in [-0.4, -0.2) is 28.5 Å². The molecule has 1 aromatic carbocycles. The third-order valence-corrected chi connectivity index (χ3v) is 2.94. The predicted octanol–water partition coefficient (Wildman–Crippen LogP) is 2.02. The van der Waals surface area contributed by atoms with Gasteiger partial charge >= 0.3 is 0 Å². The van der Waals surface area contributed by atoms with Crippen molar-refractivity contribution in [3.05, 3.63) is 48.3 Å². The Bertz CT molecular complexity index is 541. The average molecular weight is 290 g/mol. The molecule has 0 aliphatic heterocycles. The van der Waals surface area contributed by atoms with E-state index < -0.39 is 0 Å². The number of nitrogens with zero attached hydrogens (tertiary/aromatic N) is 2. The number of nitrogens with one attached hydrogen (secondary N) is 2. The van der Waals surface area contributed by atoms with Crippen LogP contribution in [0.25, 0.3) is 0 Å². The van der Waals surface area contributed by atoms with Crippen molar-refractivity contribution in [2.45, 2.75) is 13.2 Å². The predicted molar refractivity (Wildman–Crippen MR) is 83.6 cm³/mol. The Morgan fingerprint density at radius 1 is 1.35 bits per heavy atom. The molecule has 1 heterocycles. The van der Waals surface area contributed by atoms with E-state index in [1.165, 1.54) is 5.56 Å². The van der Waals surface area contributed by atoms with Crippen LogP contribution in [0.2, 0.25) is 0 Å². The lowest BCUT2D eigenvalue weighted by Gasteiger charge is -2.08. The van der Waals surface area contributed by atoms with E-state index in [9.17, 15) is 0 Å². The summed E-state index contributed by atoms with van der Waals surface area (Å²) in [6.45, 7) is 1.22. The molecule has 0 aliphatic carbocycles. The molecule has 5 nitrogen and oxygen atoms in total. The van der Waals surface area contributed by atoms with Gasteiger partial charge in [-0.3, -0.25) is 0 Å². The molecule has 0 amide bonds. The van der Waals surface area contributed by atoms with Gasteiger partial charge in [0.25, 0.3) is 0 Å². The topological polar surface area (TPSA) is 51.1 Å². The first kappa shape index (κ1) is 14.5. The van der Waals surface area contributed by atoms with Gasteiger partial charge in [-0.05, 0) is 24.2 Å². The minimum Gasteiger partial charge on any atom is -0.362 e. The van der Waals surface area contributed by atoms with Crippen LogP contribution in [-0.2, 0) is 17.9 Å². The fraction of sp³-hybridized carbons (Fsp3) is 0.286. The van der Waals surface area contributed by atoms with Crippen molar-refractivity contribution in [2.24, 2.45) is 0 Å². The Morgan fingerprint density at radius 2 is 2.15 bits per heavy atom. The minimum absolute atomic E-state index is 0.426. The summed E-state index contributed by atoms with van der Waals surface area (Å²) in [6.07, 6.45) is 4.49. The van der Waals surface area contributed by atoms with E-state index in [1.807, 2.05) is 24.4 Å². The van der Waals surface area contributed by atoms with Crippen LogP contribution in [0.5, 0.6) is 0 Å². The zero-order chi connectivity index (χ0) is 14.2. The number of ether oxygens (including phenoxy) is 1. The zero-order valence-corrected chi connectivity index (χ0v) is 12.2. The molecular formula is C14H18N4OS. The van der Waals surface area contributed by atoms with Gasteiger partial charge in [-0.2, -0.15) is 5.10 Å². The van der Waals surface area contributed by atoms with Crippen LogP contribution in [0.15, 0.2) is 42.7 Å². The Morgan fingerprint density at radius 3 is 2.90 bits per heavy atom. The highest BCUT2D eigenvalue weighted by molar-refractivity contribution is 7.80. The summed E-state index contributed by atoms with van der Waals surface area (Å²) in [5.41, 5.74) is 2.13. The molecule has 0 saturated heterocycles. The number of hydrogen-bond acceptors (Lipinski definition) is 3. The van der Waals surface area contributed by atoms with Gasteiger partial charge in [0.1, 0.15) is 6.73 Å². The lowest BCUT2D eigenvalue weighted by Crippen LogP contribution is -2.30. The normalized spacial score (nSPS) is 10.2. The van der Waals surface area contributed by atoms with E-state index in [0.717, 1.165) is 18.7 Å². The molecule has 6 heteroatoms. The molecule has 0 unspecified atom stereocenters. The number of benzene rings is 1. The number of anilines is 1. The first-order chi connectivity index (χ1) is 9.78. The number of aromatic nitrogens is 2. The summed E-state index contributed by atoms with van der Waals surface area (Å²) < 4.78 is 6.67. The van der Waals surface area contributed by atoms with E-state index in [0.29, 0.717) is 11.8 Å². The molecule has 2 aromatic rings. The van der Waals surface area contributed by atoms with Gasteiger partial charge < -0.3 is 15.4 Å². The van der Waals surface area contributed by atoms with Crippen molar-refractivity contribution in [3.63, 3.8) is 0 Å². The maximum Gasteiger partial charge on any atom is 0.170 e. The SMILES string of the molecule is COCn1cc(NC(=S)NCCc2ccccc2)cn1. The second kappa shape index (κ2) is 7.62. The van der Waals surface area contributed by atoms with Gasteiger partial charge in [-0.1, -0.05) is 30.3 Å². The highest BCUT2D eigenvalue weighted by Gasteiger charge is 2.00. The van der Waals surface area contributed by atoms with E-state index >= 15 is 0 Å². The molecule has 0 radical (unpaired) electrons. The second-order valence-corrected chi connectivity index (χ2v) is 4.71. The summed E-state index contributed by atoms with van der Waals surface area (Å²) in [6, 6.07) is 10.3. The van der Waals surface area contributed by atoms with Crippen molar-refractivity contribution >= 4 is 23.0 Å². The summed E-state index contributed by atoms with van der Waals surface area (Å²) in [5.74, 6) is 0. The molecule has 0 aliphatic rings. The molecule has 1 aromatic heterocycles. The summed E-state index contributed by atoms with van der Waals surface area (Å²) in [5, 5.41) is 11.0. The number of methoxy groups -OCH3 is 1. The van der Waals surface area contributed by atoms with E-state index in [4.69, 9.17) is 17.0 Å². The molecule has 0 spiro atoms. The lowest BCUT2D eigenvalue weighted by atomic mass is 10.1. The van der Waals surface area contributed by atoms with Crippen LogP contribution >= 0.6 is 12.2 Å². The Labute approximate surface area is 123 Å². The fourth-order valence-electron chi connectivity index (χ4n) is 1.77. The Kier molecular flexibility index (Phi) is 5.52. The van der Waals surface area contributed by atoms with Crippen molar-refractivity contribution in [1.29, 1.82) is 0 Å². The Balaban J connectivity index is 1.72. The number of hydrogen-bond donors (Lipinski definition) is 2. The van der Waals surface area contributed by atoms with Gasteiger partial charge in [0.15, 0.2) is 5.11 Å². The molecule has 20 heavy (non-hydrogen) atoms. The molecular weight excluding hydrogens is 272 g/mol. The third-order valence-electron chi connectivity index (χ3n) is 2.69. The highest BCUT2D eigenvalue weighted by Crippen LogP contribution is 2.04. The van der Waals surface area contributed by atoms with Crippen LogP contribution in [0.1, 0.15) is 5.56 Å². The first-order valence-corrected chi connectivity index (χ1v) is 6.79. The second-order valence-electron chi connectivity index (χ2n) is 4.30. The van der Waals surface area contributed by atoms with Crippen molar-refractivity contribution in [2.75, 3.05) is 19.0 Å². The summed E-state index contributed by atoms with van der Waals surface area (Å²) in [7, 11) is 1.63. The van der Waals surface area contributed by atoms with E-state index in [2.05, 4.69) is 27.9 Å². The molecule has 0 bridgehead atoms. The van der Waals surface area contributed by atoms with Gasteiger partial charge in [-0.25, -0.2) is 4.68 Å². The molecule has 2 rings (SSSR count). The van der Waals surface area contributed by atoms with Crippen LogP contribution < -0.4 is 10.6 Å². The van der Waals surface area contributed by atoms with Gasteiger partial charge in [-0.15, -0.1) is 0 Å². The first-order valence-electron chi connectivity index (χ1n) is 6.38.